The van der Waals surface area contributed by atoms with Gasteiger partial charge >= 0.3 is 11.9 Å². The van der Waals surface area contributed by atoms with Crippen molar-refractivity contribution >= 4 is 74.6 Å². The molecular weight excluding hydrogens is 623 g/mol. The van der Waals surface area contributed by atoms with Crippen molar-refractivity contribution in [2.24, 2.45) is 21.6 Å². The van der Waals surface area contributed by atoms with Gasteiger partial charge < -0.3 is 42.5 Å². The molecule has 0 aromatic carbocycles. The number of nitrogen functional groups attached to an aromatic ring is 1. The standard InChI is InChI=1S/C24H31N9O7S3/c1-5-32-16(26)9(2)15(25)30-23(32)43-7-10-6-41-19-13(18(35)33(19)14(10)20(36)37)29-17(34)12(11-8-42-22(27)28-11)31-40-24(3,4)21(38)39/h8,13,16,19H,5-7,25-26H2,1-4H3,(H2,27,28)(H,29,34)(H,36,37)(H,38,39)/b31-12-/t13?,16?,19-/m0/s1. The molecule has 1 fully saturated rings. The van der Waals surface area contributed by atoms with E-state index in [0.29, 0.717) is 23.1 Å². The summed E-state index contributed by atoms with van der Waals surface area (Å²) >= 11 is 3.58. The lowest BCUT2D eigenvalue weighted by Crippen LogP contribution is -2.71. The summed E-state index contributed by atoms with van der Waals surface area (Å²) < 4.78 is 0. The van der Waals surface area contributed by atoms with E-state index in [1.807, 2.05) is 11.8 Å². The van der Waals surface area contributed by atoms with E-state index in [9.17, 15) is 29.4 Å². The molecule has 0 aliphatic carbocycles. The summed E-state index contributed by atoms with van der Waals surface area (Å²) in [5.41, 5.74) is 16.9. The first-order valence-electron chi connectivity index (χ1n) is 12.8. The number of carboxylic acid groups (broad SMARTS) is 2. The molecule has 3 atom stereocenters. The molecule has 232 valence electrons. The van der Waals surface area contributed by atoms with Gasteiger partial charge in [0.05, 0.1) is 0 Å². The largest absolute Gasteiger partial charge is 0.478 e. The fourth-order valence-corrected chi connectivity index (χ4v) is 7.30. The molecule has 43 heavy (non-hydrogen) atoms. The summed E-state index contributed by atoms with van der Waals surface area (Å²) in [5.74, 6) is -3.32. The zero-order chi connectivity index (χ0) is 31.8. The van der Waals surface area contributed by atoms with Crippen molar-refractivity contribution in [1.29, 1.82) is 0 Å². The smallest absolute Gasteiger partial charge is 0.352 e. The average molecular weight is 654 g/mol. The first-order chi connectivity index (χ1) is 20.2. The highest BCUT2D eigenvalue weighted by atomic mass is 32.2. The Morgan fingerprint density at radius 2 is 2.00 bits per heavy atom. The number of aliphatic imine (C=N–C) groups is 1. The second kappa shape index (κ2) is 12.4. The molecule has 1 aromatic rings. The van der Waals surface area contributed by atoms with Gasteiger partial charge in [0.25, 0.3) is 11.8 Å². The van der Waals surface area contributed by atoms with Crippen molar-refractivity contribution in [2.45, 2.75) is 50.9 Å². The summed E-state index contributed by atoms with van der Waals surface area (Å²) in [4.78, 5) is 66.8. The molecule has 3 aliphatic heterocycles. The van der Waals surface area contributed by atoms with Gasteiger partial charge in [-0.15, -0.1) is 23.1 Å². The summed E-state index contributed by atoms with van der Waals surface area (Å²) in [6.45, 7) is 6.76. The molecule has 3 aliphatic rings. The zero-order valence-electron chi connectivity index (χ0n) is 23.6. The third-order valence-corrected chi connectivity index (χ3v) is 9.85. The van der Waals surface area contributed by atoms with Gasteiger partial charge in [-0.1, -0.05) is 16.9 Å². The molecule has 0 spiro atoms. The van der Waals surface area contributed by atoms with Crippen LogP contribution in [0, 0.1) is 0 Å². The highest BCUT2D eigenvalue weighted by Crippen LogP contribution is 2.41. The lowest BCUT2D eigenvalue weighted by atomic mass is 10.0. The van der Waals surface area contributed by atoms with Crippen LogP contribution in [0.4, 0.5) is 5.13 Å². The summed E-state index contributed by atoms with van der Waals surface area (Å²) in [6, 6.07) is -1.08. The van der Waals surface area contributed by atoms with Crippen molar-refractivity contribution in [2.75, 3.05) is 23.8 Å². The normalized spacial score (nSPS) is 22.6. The van der Waals surface area contributed by atoms with Crippen molar-refractivity contribution < 1.29 is 34.2 Å². The second-order valence-electron chi connectivity index (χ2n) is 10.0. The molecule has 9 N–H and O–H groups in total. The van der Waals surface area contributed by atoms with Crippen LogP contribution >= 0.6 is 34.9 Å². The van der Waals surface area contributed by atoms with E-state index in [2.05, 4.69) is 20.4 Å². The number of carboxylic acids is 2. The number of thiazole rings is 1. The molecule has 0 saturated carbocycles. The number of β-lactam (4-membered cyclic amide) rings is 1. The number of aromatic nitrogens is 1. The molecule has 2 unspecified atom stereocenters. The monoisotopic (exact) mass is 653 g/mol. The van der Waals surface area contributed by atoms with Gasteiger partial charge in [-0.2, -0.15) is 0 Å². The second-order valence-corrected chi connectivity index (χ2v) is 13.0. The van der Waals surface area contributed by atoms with Crippen LogP contribution in [0.25, 0.3) is 0 Å². The predicted octanol–water partition coefficient (Wildman–Crippen LogP) is -0.0525. The predicted molar refractivity (Wildman–Crippen MR) is 163 cm³/mol. The van der Waals surface area contributed by atoms with E-state index in [1.165, 1.54) is 42.8 Å². The molecule has 0 radical (unpaired) electrons. The Bertz CT molecular complexity index is 1490. The number of nitrogens with zero attached hydrogens (tertiary/aromatic N) is 5. The number of hydrogen-bond donors (Lipinski definition) is 6. The number of hydrogen-bond acceptors (Lipinski definition) is 15. The minimum absolute atomic E-state index is 0.0173. The van der Waals surface area contributed by atoms with E-state index in [0.717, 1.165) is 21.8 Å². The van der Waals surface area contributed by atoms with Crippen LogP contribution in [0.3, 0.4) is 0 Å². The van der Waals surface area contributed by atoms with Crippen LogP contribution in [-0.2, 0) is 24.0 Å². The molecular formula is C24H31N9O7S3. The Morgan fingerprint density at radius 1 is 1.30 bits per heavy atom. The summed E-state index contributed by atoms with van der Waals surface area (Å²) in [6.07, 6.45) is -0.459. The number of amidine groups is 1. The number of amides is 2. The fourth-order valence-electron chi connectivity index (χ4n) is 4.16. The maximum atomic E-state index is 13.3. The Labute approximate surface area is 258 Å². The molecule has 16 nitrogen and oxygen atoms in total. The third-order valence-electron chi connectivity index (χ3n) is 6.76. The number of anilines is 1. The molecule has 4 heterocycles. The maximum absolute atomic E-state index is 13.3. The number of fused-ring (bicyclic) bond motifs is 1. The lowest BCUT2D eigenvalue weighted by Gasteiger charge is -2.49. The van der Waals surface area contributed by atoms with Crippen LogP contribution in [0.5, 0.6) is 0 Å². The number of oxime groups is 1. The van der Waals surface area contributed by atoms with E-state index < -0.39 is 52.6 Å². The highest BCUT2D eigenvalue weighted by Gasteiger charge is 2.54. The Hall–Kier alpha value is -3.81. The number of nitrogens with one attached hydrogen (secondary N) is 1. The maximum Gasteiger partial charge on any atom is 0.352 e. The molecule has 4 rings (SSSR count). The van der Waals surface area contributed by atoms with Crippen LogP contribution < -0.4 is 22.5 Å². The summed E-state index contributed by atoms with van der Waals surface area (Å²) in [7, 11) is 0. The van der Waals surface area contributed by atoms with Gasteiger partial charge in [0, 0.05) is 29.0 Å². The molecule has 1 aromatic heterocycles. The van der Waals surface area contributed by atoms with E-state index in [4.69, 9.17) is 22.0 Å². The number of thioether (sulfide) groups is 2. The van der Waals surface area contributed by atoms with Gasteiger partial charge in [0.15, 0.2) is 16.0 Å². The van der Waals surface area contributed by atoms with Gasteiger partial charge in [0.1, 0.15) is 34.8 Å². The van der Waals surface area contributed by atoms with Crippen LogP contribution in [0.1, 0.15) is 33.4 Å². The van der Waals surface area contributed by atoms with Crippen LogP contribution in [-0.4, -0.2) is 101 Å². The molecule has 19 heteroatoms. The number of rotatable bonds is 10. The average Bonchev–Trinajstić information content (AvgIpc) is 3.38. The highest BCUT2D eigenvalue weighted by molar-refractivity contribution is 8.14. The molecule has 2 amide bonds. The number of likely N-dealkylation sites (N-methyl/N-ethyl adjacent to an activating group) is 1. The Balaban J connectivity index is 1.52. The van der Waals surface area contributed by atoms with Crippen LogP contribution in [0.15, 0.2) is 38.2 Å². The van der Waals surface area contributed by atoms with E-state index in [1.54, 1.807) is 6.92 Å². The zero-order valence-corrected chi connectivity index (χ0v) is 26.0. The van der Waals surface area contributed by atoms with Crippen LogP contribution in [0.2, 0.25) is 0 Å². The lowest BCUT2D eigenvalue weighted by molar-refractivity contribution is -0.161. The van der Waals surface area contributed by atoms with E-state index in [-0.39, 0.29) is 28.0 Å². The number of carbonyl (C=O) groups is 4. The first-order valence-corrected chi connectivity index (χ1v) is 15.7. The van der Waals surface area contributed by atoms with Gasteiger partial charge in [-0.3, -0.25) is 14.5 Å². The van der Waals surface area contributed by atoms with Crippen molar-refractivity contribution in [3.05, 3.63) is 33.7 Å². The van der Waals surface area contributed by atoms with Gasteiger partial charge in [-0.25, -0.2) is 19.6 Å². The number of carbonyl (C=O) groups excluding carboxylic acids is 2. The minimum Gasteiger partial charge on any atom is -0.478 e. The van der Waals surface area contributed by atoms with Crippen molar-refractivity contribution in [3.63, 3.8) is 0 Å². The van der Waals surface area contributed by atoms with Gasteiger partial charge in [-0.05, 0) is 33.3 Å². The number of aliphatic carboxylic acids is 2. The third kappa shape index (κ3) is 6.29. The number of nitrogens with two attached hydrogens (primary N) is 3. The SMILES string of the molecule is CCN1C(SCC2=C(C(=O)O)N3C(=O)C(NC(=O)/C(=N\OC(C)(C)C(=O)O)c4csc(N)n4)[C@@H]3SC2)=NC(N)=C(C)C1N. The van der Waals surface area contributed by atoms with Crippen molar-refractivity contribution in [1.82, 2.24) is 20.1 Å². The fraction of sp³-hybridized carbons (Fsp3) is 0.458. The quantitative estimate of drug-likeness (QED) is 0.110. The van der Waals surface area contributed by atoms with E-state index >= 15 is 0 Å². The van der Waals surface area contributed by atoms with Gasteiger partial charge in [0.2, 0.25) is 5.60 Å². The molecule has 0 bridgehead atoms. The summed E-state index contributed by atoms with van der Waals surface area (Å²) in [5, 5.41) is 27.1. The Morgan fingerprint density at radius 3 is 2.58 bits per heavy atom. The minimum atomic E-state index is -1.77. The Kier molecular flexibility index (Phi) is 9.28. The first kappa shape index (κ1) is 32.1. The topological polar surface area (TPSA) is 252 Å². The molecule has 1 saturated heterocycles. The van der Waals surface area contributed by atoms with Crippen molar-refractivity contribution in [3.8, 4) is 0 Å².